The van der Waals surface area contributed by atoms with Crippen LogP contribution in [0.2, 0.25) is 0 Å². The van der Waals surface area contributed by atoms with Crippen molar-refractivity contribution >= 4 is 5.78 Å². The number of aliphatic hydroxyl groups excluding tert-OH is 16. The van der Waals surface area contributed by atoms with Crippen molar-refractivity contribution in [1.82, 2.24) is 0 Å². The van der Waals surface area contributed by atoms with Crippen LogP contribution >= 0.6 is 0 Å². The Morgan fingerprint density at radius 2 is 1.13 bits per heavy atom. The molecule has 10 rings (SSSR count). The average molecular weight is 1240 g/mol. The zero-order valence-electron chi connectivity index (χ0n) is 49.5. The van der Waals surface area contributed by atoms with Crippen LogP contribution in [0.15, 0.2) is 11.1 Å². The van der Waals surface area contributed by atoms with E-state index >= 15 is 0 Å². The molecular weight excluding hydrogens is 1140 g/mol. The van der Waals surface area contributed by atoms with E-state index in [1.807, 2.05) is 6.92 Å². The number of rotatable bonds is 17. The van der Waals surface area contributed by atoms with Crippen molar-refractivity contribution in [2.24, 2.45) is 33.5 Å². The van der Waals surface area contributed by atoms with E-state index in [1.165, 1.54) is 18.1 Å². The number of hydrogen-bond donors (Lipinski definition) is 16. The number of ketones is 1. The van der Waals surface area contributed by atoms with Crippen molar-refractivity contribution in [3.63, 3.8) is 0 Å². The summed E-state index contributed by atoms with van der Waals surface area (Å²) in [4.78, 5) is 13.0. The third-order valence-electron chi connectivity index (χ3n) is 22.6. The molecule has 16 N–H and O–H groups in total. The van der Waals surface area contributed by atoms with Gasteiger partial charge in [0, 0.05) is 17.3 Å². The van der Waals surface area contributed by atoms with E-state index in [0.29, 0.717) is 32.1 Å². The molecule has 494 valence electrons. The predicted molar refractivity (Wildman–Crippen MR) is 287 cm³/mol. The van der Waals surface area contributed by atoms with Crippen LogP contribution in [-0.2, 0) is 56.9 Å². The first-order valence-corrected chi connectivity index (χ1v) is 30.7. The Morgan fingerprint density at radius 1 is 0.558 bits per heavy atom. The quantitative estimate of drug-likeness (QED) is 0.0609. The molecule has 10 aliphatic rings. The van der Waals surface area contributed by atoms with E-state index < -0.39 is 216 Å². The van der Waals surface area contributed by atoms with E-state index in [2.05, 4.69) is 27.7 Å². The van der Waals surface area contributed by atoms with Gasteiger partial charge in [0.1, 0.15) is 116 Å². The van der Waals surface area contributed by atoms with Gasteiger partial charge in [-0.25, -0.2) is 0 Å². The maximum absolute atomic E-state index is 13.0. The van der Waals surface area contributed by atoms with Crippen LogP contribution in [0.4, 0.5) is 0 Å². The van der Waals surface area contributed by atoms with Gasteiger partial charge in [-0.3, -0.25) is 4.79 Å². The molecule has 0 radical (unpaired) electrons. The highest BCUT2D eigenvalue weighted by molar-refractivity contribution is 5.83. The molecule has 6 aliphatic heterocycles. The van der Waals surface area contributed by atoms with Crippen LogP contribution in [0.25, 0.3) is 0 Å². The van der Waals surface area contributed by atoms with Gasteiger partial charge >= 0.3 is 0 Å². The number of allylic oxidation sites excluding steroid dienone is 2. The Labute approximate surface area is 498 Å². The van der Waals surface area contributed by atoms with Crippen molar-refractivity contribution in [3.8, 4) is 0 Å². The van der Waals surface area contributed by atoms with Crippen molar-refractivity contribution in [1.29, 1.82) is 0 Å². The van der Waals surface area contributed by atoms with E-state index in [0.717, 1.165) is 25.7 Å². The van der Waals surface area contributed by atoms with Crippen molar-refractivity contribution in [2.45, 2.75) is 271 Å². The molecular formula is C58H94O28. The topological polar surface area (TPSA) is 442 Å². The molecule has 0 amide bonds. The Kier molecular flexibility index (Phi) is 20.1. The molecule has 6 heterocycles. The number of carbonyl (C=O) groups excluding carboxylic acids is 1. The fourth-order valence-electron chi connectivity index (χ4n) is 17.2. The summed E-state index contributed by atoms with van der Waals surface area (Å²) in [7, 11) is 0. The minimum Gasteiger partial charge on any atom is -0.396 e. The fraction of sp³-hybridized carbons (Fsp3) is 0.948. The highest BCUT2D eigenvalue weighted by Gasteiger charge is 2.72. The summed E-state index contributed by atoms with van der Waals surface area (Å²) >= 11 is 0. The van der Waals surface area contributed by atoms with Gasteiger partial charge in [0.15, 0.2) is 37.2 Å². The number of hydrogen-bond acceptors (Lipinski definition) is 28. The van der Waals surface area contributed by atoms with Crippen LogP contribution < -0.4 is 0 Å². The lowest BCUT2D eigenvalue weighted by Crippen LogP contribution is -2.68. The second-order valence-electron chi connectivity index (χ2n) is 26.8. The summed E-state index contributed by atoms with van der Waals surface area (Å²) in [6.45, 7) is 8.16. The molecule has 28 nitrogen and oxygen atoms in total. The number of carbonyl (C=O) groups is 1. The number of ether oxygens (including phenoxy) is 11. The molecule has 32 atom stereocenters. The first kappa shape index (κ1) is 67.2. The smallest absolute Gasteiger partial charge is 0.187 e. The van der Waals surface area contributed by atoms with E-state index in [-0.39, 0.29) is 34.9 Å². The first-order chi connectivity index (χ1) is 40.7. The van der Waals surface area contributed by atoms with Gasteiger partial charge in [-0.05, 0) is 87.4 Å². The average Bonchev–Trinajstić information content (AvgIpc) is 1.42. The third kappa shape index (κ3) is 10.9. The van der Waals surface area contributed by atoms with Gasteiger partial charge in [0.25, 0.3) is 0 Å². The standard InChI is InChI=1S/C58H94O28/c1-7-27(63)29-16-23(2)58(86-29)15-14-55(5)26-8-9-33-54(4,25(26)10-13-56(55,58)6)12-11-34(57(33,21-61)22-62)82-50-44(74)42(72)38(68)32(81-50)20-77-52-47(36(66)28(64)19-76-52)84-53-48(85-49-43(73)40(70)35(65)24(3)78-49)46(39(69)31(18-60)80-53)83-51-45(75)41(71)37(67)30(17-59)79-51/h23-24,28-53,59-62,64-75H,7-22H2,1-6H3/t23-,24+,28+,29+,30-,31-,32-,33-,34+,35+,36+,37-,38-,39-,40-,41+,42+,43-,44-,45-,46+,47-,48-,49+,50+,51+,52+,53+,54-,55+,56+,58+/m1/s1. The molecule has 0 unspecified atom stereocenters. The normalized spacial score (nSPS) is 53.0. The molecule has 0 bridgehead atoms. The summed E-state index contributed by atoms with van der Waals surface area (Å²) < 4.78 is 67.1. The molecule has 6 saturated heterocycles. The maximum atomic E-state index is 13.0. The Hall–Kier alpha value is -1.67. The summed E-state index contributed by atoms with van der Waals surface area (Å²) in [6.07, 6.45) is -38.6. The van der Waals surface area contributed by atoms with E-state index in [4.69, 9.17) is 52.1 Å². The first-order valence-electron chi connectivity index (χ1n) is 30.7. The van der Waals surface area contributed by atoms with Gasteiger partial charge in [0.2, 0.25) is 0 Å². The number of Topliss-reactive ketones (excluding diaryl/α,β-unsaturated/α-hetero) is 1. The second-order valence-corrected chi connectivity index (χ2v) is 26.8. The van der Waals surface area contributed by atoms with Gasteiger partial charge in [-0.15, -0.1) is 0 Å². The van der Waals surface area contributed by atoms with Crippen LogP contribution in [0.5, 0.6) is 0 Å². The molecule has 0 aromatic heterocycles. The Morgan fingerprint density at radius 3 is 1.77 bits per heavy atom. The Balaban J connectivity index is 0.867. The van der Waals surface area contributed by atoms with Crippen LogP contribution in [-0.4, -0.2) is 292 Å². The molecule has 2 saturated carbocycles. The minimum absolute atomic E-state index is 0.129. The second kappa shape index (κ2) is 25.7. The highest BCUT2D eigenvalue weighted by atomic mass is 16.8. The molecule has 8 fully saturated rings. The summed E-state index contributed by atoms with van der Waals surface area (Å²) in [5.74, 6) is -0.000538. The molecule has 1 spiro atoms. The summed E-state index contributed by atoms with van der Waals surface area (Å²) in [6, 6.07) is 0. The maximum Gasteiger partial charge on any atom is 0.187 e. The molecule has 0 aromatic rings. The van der Waals surface area contributed by atoms with Crippen LogP contribution in [0.3, 0.4) is 0 Å². The summed E-state index contributed by atoms with van der Waals surface area (Å²) in [5, 5.41) is 176. The lowest BCUT2D eigenvalue weighted by Gasteiger charge is -2.64. The van der Waals surface area contributed by atoms with Crippen molar-refractivity contribution in [3.05, 3.63) is 11.1 Å². The SMILES string of the molecule is CCC(=O)[C@@H]1C[C@@H](C)[C@]2(CC[C@@]3(C)C4=C(CC[C@@]32C)[C@@]2(C)CC[C@H](O[C@@H]3O[C@H](CO[C@@H]5OC[C@H](O)[C@H](O)[C@H]5O[C@@H]5O[C@H](CO)[C@@H](O)[C@H](O[C@@H]6O[C@H](CO)[C@@H](O)[C@H](O)[C@H]6O)[C@H]5O[C@@H]5O[C@@H](C)[C@H](O)[C@@H](O)[C@H]5O)[C@@H](O)[C@H](O)[C@H]3O)C(CO)(CO)[C@@H]2CC4)O1. The van der Waals surface area contributed by atoms with Gasteiger partial charge in [0.05, 0.1) is 57.5 Å². The van der Waals surface area contributed by atoms with Gasteiger partial charge < -0.3 is 134 Å². The van der Waals surface area contributed by atoms with Gasteiger partial charge in [-0.2, -0.15) is 0 Å². The van der Waals surface area contributed by atoms with E-state index in [9.17, 15) is 86.5 Å². The van der Waals surface area contributed by atoms with Crippen LogP contribution in [0, 0.1) is 33.5 Å². The van der Waals surface area contributed by atoms with Gasteiger partial charge in [-0.1, -0.05) is 45.8 Å². The summed E-state index contributed by atoms with van der Waals surface area (Å²) in [5.41, 5.74) is -0.0221. The lowest BCUT2D eigenvalue weighted by molar-refractivity contribution is -0.406. The van der Waals surface area contributed by atoms with Crippen LogP contribution in [0.1, 0.15) is 106 Å². The zero-order valence-corrected chi connectivity index (χ0v) is 49.5. The van der Waals surface area contributed by atoms with Crippen molar-refractivity contribution < 1.29 is 139 Å². The fourth-order valence-corrected chi connectivity index (χ4v) is 17.2. The molecule has 0 aromatic carbocycles. The molecule has 4 aliphatic carbocycles. The third-order valence-corrected chi connectivity index (χ3v) is 22.6. The van der Waals surface area contributed by atoms with Crippen molar-refractivity contribution in [2.75, 3.05) is 39.6 Å². The number of fused-ring (bicyclic) bond motifs is 5. The monoisotopic (exact) mass is 1240 g/mol. The largest absolute Gasteiger partial charge is 0.396 e. The minimum atomic E-state index is -2.06. The molecule has 28 heteroatoms. The zero-order chi connectivity index (χ0) is 62.5. The lowest BCUT2D eigenvalue weighted by atomic mass is 9.42. The predicted octanol–water partition coefficient (Wildman–Crippen LogP) is -4.64. The number of aliphatic hydroxyl groups is 16. The molecule has 86 heavy (non-hydrogen) atoms. The van der Waals surface area contributed by atoms with E-state index in [1.54, 1.807) is 0 Å². The highest BCUT2D eigenvalue weighted by Crippen LogP contribution is 2.75. The Bertz CT molecular complexity index is 2370.